The van der Waals surface area contributed by atoms with E-state index >= 15 is 0 Å². The molecule has 236 valence electrons. The van der Waals surface area contributed by atoms with Crippen LogP contribution >= 0.6 is 0 Å². The summed E-state index contributed by atoms with van der Waals surface area (Å²) in [4.78, 5) is 25.2. The molecule has 0 saturated carbocycles. The summed E-state index contributed by atoms with van der Waals surface area (Å²) >= 11 is 0. The molecule has 2 aromatic rings. The first kappa shape index (κ1) is 34.0. The smallest absolute Gasteiger partial charge is 0.336 e. The Bertz CT molecular complexity index is 1180. The molecule has 1 fully saturated rings. The summed E-state index contributed by atoms with van der Waals surface area (Å²) in [6.07, 6.45) is 6.83. The lowest BCUT2D eigenvalue weighted by Crippen LogP contribution is -2.60. The molecule has 1 saturated heterocycles. The molecule has 1 aliphatic heterocycles. The molecule has 1 unspecified atom stereocenters. The number of carbonyl (C=O) groups is 1. The van der Waals surface area contributed by atoms with Gasteiger partial charge in [-0.15, -0.1) is 0 Å². The second-order valence-corrected chi connectivity index (χ2v) is 11.6. The van der Waals surface area contributed by atoms with Crippen LogP contribution in [0.2, 0.25) is 0 Å². The number of ether oxygens (including phenoxy) is 2. The number of aryl methyl sites for hydroxylation is 1. The van der Waals surface area contributed by atoms with Crippen molar-refractivity contribution in [3.05, 3.63) is 34.2 Å². The molecule has 1 aliphatic rings. The number of hydrogen-bond acceptors (Lipinski definition) is 9. The van der Waals surface area contributed by atoms with Gasteiger partial charge in [0.15, 0.2) is 0 Å². The molecular formula is C32H49NO9. The largest absolute Gasteiger partial charge is 0.460 e. The van der Waals surface area contributed by atoms with Crippen molar-refractivity contribution in [3.8, 4) is 5.75 Å². The second-order valence-electron chi connectivity index (χ2n) is 11.6. The number of amides is 1. The van der Waals surface area contributed by atoms with E-state index in [9.17, 15) is 30.0 Å². The Hall–Kier alpha value is -2.50. The number of benzene rings is 1. The van der Waals surface area contributed by atoms with Crippen LogP contribution < -0.4 is 15.7 Å². The quantitative estimate of drug-likeness (QED) is 0.131. The van der Waals surface area contributed by atoms with Crippen LogP contribution in [0, 0.1) is 12.8 Å². The van der Waals surface area contributed by atoms with Crippen LogP contribution in [-0.2, 0) is 9.53 Å². The first-order chi connectivity index (χ1) is 20.2. The summed E-state index contributed by atoms with van der Waals surface area (Å²) in [6, 6.07) is 4.39. The highest BCUT2D eigenvalue weighted by atomic mass is 16.7. The third kappa shape index (κ3) is 9.50. The first-order valence-corrected chi connectivity index (χ1v) is 15.5. The van der Waals surface area contributed by atoms with Crippen molar-refractivity contribution in [2.45, 2.75) is 129 Å². The van der Waals surface area contributed by atoms with Gasteiger partial charge in [-0.05, 0) is 25.0 Å². The molecular weight excluding hydrogens is 542 g/mol. The normalized spacial score (nSPS) is 23.2. The molecule has 5 N–H and O–H groups in total. The van der Waals surface area contributed by atoms with Crippen molar-refractivity contribution in [2.24, 2.45) is 5.92 Å². The van der Waals surface area contributed by atoms with Gasteiger partial charge in [-0.1, -0.05) is 84.5 Å². The maximum absolute atomic E-state index is 13.2. The molecule has 6 atom stereocenters. The van der Waals surface area contributed by atoms with Gasteiger partial charge in [-0.25, -0.2) is 4.79 Å². The number of rotatable bonds is 17. The molecule has 0 aliphatic carbocycles. The highest BCUT2D eigenvalue weighted by molar-refractivity contribution is 5.97. The molecule has 0 radical (unpaired) electrons. The van der Waals surface area contributed by atoms with E-state index in [4.69, 9.17) is 13.9 Å². The Morgan fingerprint density at radius 2 is 1.55 bits per heavy atom. The zero-order valence-electron chi connectivity index (χ0n) is 25.2. The zero-order chi connectivity index (χ0) is 30.6. The standard InChI is InChI=1S/C32H49NO9/c1-4-5-6-7-8-9-10-11-12-13-14-15-20(2)31(39)33-23-17-22-21(3)16-27(35)40-24(22)18-25(23)41-32-30(38)29(37)28(36)26(19-34)42-32/h16-18,20,26,28-30,32,34,36-38H,4-15,19H2,1-3H3,(H,33,39)/t20?,26-,28+,29+,30-,32-/m1/s1. The number of fused-ring (bicyclic) bond motifs is 1. The second kappa shape index (κ2) is 17.0. The third-order valence-electron chi connectivity index (χ3n) is 8.09. The molecule has 2 heterocycles. The van der Waals surface area contributed by atoms with Crippen LogP contribution in [0.3, 0.4) is 0 Å². The molecule has 1 aromatic heterocycles. The van der Waals surface area contributed by atoms with Crippen LogP contribution in [-0.4, -0.2) is 63.6 Å². The molecule has 1 amide bonds. The molecule has 0 bridgehead atoms. The number of carbonyl (C=O) groups excluding carboxylic acids is 1. The lowest BCUT2D eigenvalue weighted by atomic mass is 9.99. The SMILES string of the molecule is CCCCCCCCCCCCCC(C)C(=O)Nc1cc2c(C)cc(=O)oc2cc1O[C@@H]1O[C@H](CO)[C@H](O)[C@H](O)[C@H]1O. The van der Waals surface area contributed by atoms with E-state index in [1.807, 2.05) is 6.92 Å². The molecule has 1 aromatic carbocycles. The summed E-state index contributed by atoms with van der Waals surface area (Å²) < 4.78 is 16.7. The highest BCUT2D eigenvalue weighted by Crippen LogP contribution is 2.35. The van der Waals surface area contributed by atoms with Gasteiger partial charge in [0.05, 0.1) is 12.3 Å². The lowest BCUT2D eigenvalue weighted by Gasteiger charge is -2.39. The number of hydrogen-bond donors (Lipinski definition) is 5. The van der Waals surface area contributed by atoms with E-state index in [-0.39, 0.29) is 28.8 Å². The molecule has 0 spiro atoms. The van der Waals surface area contributed by atoms with E-state index in [1.54, 1.807) is 13.0 Å². The lowest BCUT2D eigenvalue weighted by molar-refractivity contribution is -0.277. The van der Waals surface area contributed by atoms with Gasteiger partial charge in [0, 0.05) is 23.4 Å². The van der Waals surface area contributed by atoms with Crippen LogP contribution in [0.5, 0.6) is 5.75 Å². The highest BCUT2D eigenvalue weighted by Gasteiger charge is 2.45. The number of aliphatic hydroxyl groups excluding tert-OH is 4. The van der Waals surface area contributed by atoms with Crippen LogP contribution in [0.4, 0.5) is 5.69 Å². The van der Waals surface area contributed by atoms with E-state index in [0.717, 1.165) is 25.7 Å². The molecule has 3 rings (SSSR count). The summed E-state index contributed by atoms with van der Waals surface area (Å²) in [5, 5.41) is 43.8. The van der Waals surface area contributed by atoms with Crippen molar-refractivity contribution in [1.29, 1.82) is 0 Å². The van der Waals surface area contributed by atoms with Gasteiger partial charge >= 0.3 is 5.63 Å². The summed E-state index contributed by atoms with van der Waals surface area (Å²) in [7, 11) is 0. The van der Waals surface area contributed by atoms with E-state index in [1.165, 1.54) is 63.5 Å². The van der Waals surface area contributed by atoms with E-state index in [2.05, 4.69) is 12.2 Å². The monoisotopic (exact) mass is 591 g/mol. The first-order valence-electron chi connectivity index (χ1n) is 15.5. The van der Waals surface area contributed by atoms with Crippen LogP contribution in [0.15, 0.2) is 27.4 Å². The van der Waals surface area contributed by atoms with E-state index in [0.29, 0.717) is 10.9 Å². The number of unbranched alkanes of at least 4 members (excludes halogenated alkanes) is 10. The minimum absolute atomic E-state index is 0.0378. The van der Waals surface area contributed by atoms with Crippen molar-refractivity contribution in [2.75, 3.05) is 11.9 Å². The average molecular weight is 592 g/mol. The molecule has 42 heavy (non-hydrogen) atoms. The van der Waals surface area contributed by atoms with Crippen molar-refractivity contribution in [1.82, 2.24) is 0 Å². The fourth-order valence-corrected chi connectivity index (χ4v) is 5.33. The Morgan fingerprint density at radius 3 is 2.17 bits per heavy atom. The van der Waals surface area contributed by atoms with Crippen molar-refractivity contribution < 1.29 is 39.1 Å². The Balaban J connectivity index is 1.62. The van der Waals surface area contributed by atoms with Crippen LogP contribution in [0.1, 0.15) is 96.5 Å². The summed E-state index contributed by atoms with van der Waals surface area (Å²) in [5.74, 6) is -0.444. The average Bonchev–Trinajstić information content (AvgIpc) is 2.96. The van der Waals surface area contributed by atoms with Gasteiger partial charge in [0.25, 0.3) is 0 Å². The fraction of sp³-hybridized carbons (Fsp3) is 0.688. The Labute approximate surface area is 248 Å². The number of nitrogens with one attached hydrogen (secondary N) is 1. The predicted octanol–water partition coefficient (Wildman–Crippen LogP) is 4.56. The van der Waals surface area contributed by atoms with Crippen LogP contribution in [0.25, 0.3) is 11.0 Å². The van der Waals surface area contributed by atoms with Gasteiger partial charge in [0.1, 0.15) is 35.7 Å². The van der Waals surface area contributed by atoms with E-state index < -0.39 is 42.9 Å². The molecule has 10 nitrogen and oxygen atoms in total. The summed E-state index contributed by atoms with van der Waals surface area (Å²) in [5.41, 5.74) is 0.556. The number of aliphatic hydroxyl groups is 4. The topological polar surface area (TPSA) is 159 Å². The van der Waals surface area contributed by atoms with Crippen molar-refractivity contribution in [3.63, 3.8) is 0 Å². The number of anilines is 1. The van der Waals surface area contributed by atoms with Gasteiger partial charge < -0.3 is 39.6 Å². The Morgan fingerprint density at radius 1 is 0.929 bits per heavy atom. The minimum Gasteiger partial charge on any atom is -0.460 e. The molecule has 10 heteroatoms. The summed E-state index contributed by atoms with van der Waals surface area (Å²) in [6.45, 7) is 5.24. The zero-order valence-corrected chi connectivity index (χ0v) is 25.2. The maximum atomic E-state index is 13.2. The van der Waals surface area contributed by atoms with Gasteiger partial charge in [-0.2, -0.15) is 0 Å². The minimum atomic E-state index is -1.65. The predicted molar refractivity (Wildman–Crippen MR) is 160 cm³/mol. The van der Waals surface area contributed by atoms with Crippen molar-refractivity contribution >= 4 is 22.6 Å². The Kier molecular flexibility index (Phi) is 13.7. The fourth-order valence-electron chi connectivity index (χ4n) is 5.33. The maximum Gasteiger partial charge on any atom is 0.336 e. The van der Waals surface area contributed by atoms with Gasteiger partial charge in [0.2, 0.25) is 12.2 Å². The van der Waals surface area contributed by atoms with Gasteiger partial charge in [-0.3, -0.25) is 4.79 Å². The third-order valence-corrected chi connectivity index (χ3v) is 8.09.